The monoisotopic (exact) mass is 283 g/mol. The first kappa shape index (κ1) is 13.3. The van der Waals surface area contributed by atoms with Gasteiger partial charge in [-0.25, -0.2) is 9.37 Å². The Labute approximate surface area is 121 Å². The summed E-state index contributed by atoms with van der Waals surface area (Å²) in [5.41, 5.74) is 2.86. The summed E-state index contributed by atoms with van der Waals surface area (Å²) < 4.78 is 13.0. The van der Waals surface area contributed by atoms with Crippen LogP contribution in [-0.4, -0.2) is 15.9 Å². The minimum atomic E-state index is -0.346. The highest BCUT2D eigenvalue weighted by atomic mass is 19.1. The fourth-order valence-electron chi connectivity index (χ4n) is 2.23. The topological polar surface area (TPSA) is 57.8 Å². The molecule has 0 radical (unpaired) electrons. The number of fused-ring (bicyclic) bond motifs is 1. The predicted octanol–water partition coefficient (Wildman–Crippen LogP) is 2.94. The highest BCUT2D eigenvalue weighted by Crippen LogP contribution is 2.12. The van der Waals surface area contributed by atoms with Crippen LogP contribution in [0.25, 0.3) is 11.0 Å². The van der Waals surface area contributed by atoms with Gasteiger partial charge in [-0.2, -0.15) is 0 Å². The van der Waals surface area contributed by atoms with Crippen molar-refractivity contribution in [2.75, 3.05) is 0 Å². The number of aromatic nitrogens is 2. The van der Waals surface area contributed by atoms with E-state index in [1.165, 1.54) is 18.2 Å². The lowest BCUT2D eigenvalue weighted by Gasteiger charge is -2.06. The van der Waals surface area contributed by atoms with Gasteiger partial charge in [-0.15, -0.1) is 0 Å². The summed E-state index contributed by atoms with van der Waals surface area (Å²) in [6, 6.07) is 11.8. The number of carbonyl (C=O) groups is 1. The minimum absolute atomic E-state index is 0.243. The molecule has 0 fully saturated rings. The van der Waals surface area contributed by atoms with Gasteiger partial charge in [-0.1, -0.05) is 12.1 Å². The number of hydrogen-bond donors (Lipinski definition) is 2. The molecule has 3 aromatic rings. The molecule has 0 spiro atoms. The Morgan fingerprint density at radius 3 is 2.86 bits per heavy atom. The van der Waals surface area contributed by atoms with E-state index in [-0.39, 0.29) is 11.7 Å². The molecule has 0 unspecified atom stereocenters. The zero-order chi connectivity index (χ0) is 14.8. The minimum Gasteiger partial charge on any atom is -0.345 e. The fourth-order valence-corrected chi connectivity index (χ4v) is 2.23. The fraction of sp³-hybridized carbons (Fsp3) is 0.125. The summed E-state index contributed by atoms with van der Waals surface area (Å²) in [5.74, 6) is 0.0959. The van der Waals surface area contributed by atoms with Crippen LogP contribution in [0.2, 0.25) is 0 Å². The molecule has 3 rings (SSSR count). The molecule has 0 aliphatic heterocycles. The van der Waals surface area contributed by atoms with E-state index in [1.807, 2.05) is 24.3 Å². The Bertz CT molecular complexity index is 777. The van der Waals surface area contributed by atoms with E-state index in [0.29, 0.717) is 23.5 Å². The van der Waals surface area contributed by atoms with Crippen LogP contribution in [-0.2, 0) is 6.54 Å². The van der Waals surface area contributed by atoms with Crippen LogP contribution in [0.3, 0.4) is 0 Å². The lowest BCUT2D eigenvalue weighted by atomic mass is 10.1. The number of benzene rings is 2. The third kappa shape index (κ3) is 2.76. The average Bonchev–Trinajstić information content (AvgIpc) is 2.87. The first-order valence-electron chi connectivity index (χ1n) is 6.61. The summed E-state index contributed by atoms with van der Waals surface area (Å²) in [4.78, 5) is 19.6. The summed E-state index contributed by atoms with van der Waals surface area (Å²) in [7, 11) is 0. The molecule has 4 nitrogen and oxygen atoms in total. The Morgan fingerprint density at radius 1 is 1.29 bits per heavy atom. The van der Waals surface area contributed by atoms with Gasteiger partial charge in [0.15, 0.2) is 0 Å². The lowest BCUT2D eigenvalue weighted by Crippen LogP contribution is -2.24. The van der Waals surface area contributed by atoms with Crippen molar-refractivity contribution < 1.29 is 9.18 Å². The molecule has 0 aliphatic rings. The summed E-state index contributed by atoms with van der Waals surface area (Å²) in [5, 5.41) is 2.78. The van der Waals surface area contributed by atoms with Crippen molar-refractivity contribution in [1.29, 1.82) is 0 Å². The van der Waals surface area contributed by atoms with Gasteiger partial charge in [-0.05, 0) is 42.8 Å². The van der Waals surface area contributed by atoms with Gasteiger partial charge in [0.05, 0.1) is 17.6 Å². The standard InChI is InChI=1S/C16H14FN3O/c1-10-8-11(17)6-7-12(10)16(21)18-9-15-19-13-4-2-3-5-14(13)20-15/h2-8H,9H2,1H3,(H,18,21)(H,19,20). The number of nitrogens with one attached hydrogen (secondary N) is 2. The van der Waals surface area contributed by atoms with Crippen molar-refractivity contribution in [2.24, 2.45) is 0 Å². The Morgan fingerprint density at radius 2 is 2.10 bits per heavy atom. The quantitative estimate of drug-likeness (QED) is 0.776. The van der Waals surface area contributed by atoms with Crippen molar-refractivity contribution in [3.05, 3.63) is 65.2 Å². The predicted molar refractivity (Wildman–Crippen MR) is 78.4 cm³/mol. The van der Waals surface area contributed by atoms with Gasteiger partial charge in [0, 0.05) is 5.56 Å². The second-order valence-electron chi connectivity index (χ2n) is 4.84. The van der Waals surface area contributed by atoms with E-state index in [1.54, 1.807) is 6.92 Å². The molecular weight excluding hydrogens is 269 g/mol. The molecule has 1 heterocycles. The number of imidazole rings is 1. The molecule has 0 bridgehead atoms. The average molecular weight is 283 g/mol. The number of para-hydroxylation sites is 2. The van der Waals surface area contributed by atoms with E-state index in [0.717, 1.165) is 11.0 Å². The third-order valence-electron chi connectivity index (χ3n) is 3.29. The van der Waals surface area contributed by atoms with Gasteiger partial charge >= 0.3 is 0 Å². The molecule has 1 aromatic heterocycles. The first-order valence-corrected chi connectivity index (χ1v) is 6.61. The molecule has 0 aliphatic carbocycles. The second kappa shape index (κ2) is 5.36. The van der Waals surface area contributed by atoms with Crippen LogP contribution in [0.4, 0.5) is 4.39 Å². The number of carbonyl (C=O) groups excluding carboxylic acids is 1. The Hall–Kier alpha value is -2.69. The molecule has 1 amide bonds. The molecule has 2 aromatic carbocycles. The van der Waals surface area contributed by atoms with E-state index >= 15 is 0 Å². The molecule has 5 heteroatoms. The van der Waals surface area contributed by atoms with Crippen LogP contribution >= 0.6 is 0 Å². The first-order chi connectivity index (χ1) is 10.1. The zero-order valence-electron chi connectivity index (χ0n) is 11.5. The zero-order valence-corrected chi connectivity index (χ0v) is 11.5. The van der Waals surface area contributed by atoms with Gasteiger partial charge in [-0.3, -0.25) is 4.79 Å². The number of aryl methyl sites for hydroxylation is 1. The van der Waals surface area contributed by atoms with Crippen LogP contribution in [0.15, 0.2) is 42.5 Å². The van der Waals surface area contributed by atoms with E-state index < -0.39 is 0 Å². The Kier molecular flexibility index (Phi) is 3.39. The maximum atomic E-state index is 13.0. The number of amides is 1. The highest BCUT2D eigenvalue weighted by molar-refractivity contribution is 5.95. The molecule has 0 saturated carbocycles. The van der Waals surface area contributed by atoms with Crippen molar-refractivity contribution in [1.82, 2.24) is 15.3 Å². The molecule has 21 heavy (non-hydrogen) atoms. The molecule has 106 valence electrons. The SMILES string of the molecule is Cc1cc(F)ccc1C(=O)NCc1nc2ccccc2[nH]1. The number of rotatable bonds is 3. The molecular formula is C16H14FN3O. The summed E-state index contributed by atoms with van der Waals surface area (Å²) in [6.07, 6.45) is 0. The molecule has 0 saturated heterocycles. The van der Waals surface area contributed by atoms with Crippen LogP contribution in [0.5, 0.6) is 0 Å². The van der Waals surface area contributed by atoms with Crippen LogP contribution in [0.1, 0.15) is 21.7 Å². The van der Waals surface area contributed by atoms with Gasteiger partial charge in [0.2, 0.25) is 0 Å². The van der Waals surface area contributed by atoms with Crippen LogP contribution < -0.4 is 5.32 Å². The van der Waals surface area contributed by atoms with E-state index in [9.17, 15) is 9.18 Å². The smallest absolute Gasteiger partial charge is 0.251 e. The summed E-state index contributed by atoms with van der Waals surface area (Å²) in [6.45, 7) is 2.00. The Balaban J connectivity index is 1.73. The van der Waals surface area contributed by atoms with Crippen molar-refractivity contribution in [2.45, 2.75) is 13.5 Å². The number of H-pyrrole nitrogens is 1. The largest absolute Gasteiger partial charge is 0.345 e. The number of nitrogens with zero attached hydrogens (tertiary/aromatic N) is 1. The van der Waals surface area contributed by atoms with Gasteiger partial charge in [0.25, 0.3) is 5.91 Å². The van der Waals surface area contributed by atoms with Crippen molar-refractivity contribution >= 4 is 16.9 Å². The van der Waals surface area contributed by atoms with E-state index in [4.69, 9.17) is 0 Å². The number of hydrogen-bond acceptors (Lipinski definition) is 2. The van der Waals surface area contributed by atoms with Crippen molar-refractivity contribution in [3.63, 3.8) is 0 Å². The van der Waals surface area contributed by atoms with Crippen LogP contribution in [0, 0.1) is 12.7 Å². The maximum Gasteiger partial charge on any atom is 0.251 e. The highest BCUT2D eigenvalue weighted by Gasteiger charge is 2.10. The number of aromatic amines is 1. The van der Waals surface area contributed by atoms with E-state index in [2.05, 4.69) is 15.3 Å². The van der Waals surface area contributed by atoms with Gasteiger partial charge < -0.3 is 10.3 Å². The normalized spacial score (nSPS) is 10.8. The third-order valence-corrected chi connectivity index (χ3v) is 3.29. The van der Waals surface area contributed by atoms with Crippen molar-refractivity contribution in [3.8, 4) is 0 Å². The number of halogens is 1. The lowest BCUT2D eigenvalue weighted by molar-refractivity contribution is 0.0949. The van der Waals surface area contributed by atoms with Gasteiger partial charge in [0.1, 0.15) is 11.6 Å². The molecule has 2 N–H and O–H groups in total. The maximum absolute atomic E-state index is 13.0. The molecule has 0 atom stereocenters. The second-order valence-corrected chi connectivity index (χ2v) is 4.84. The summed E-state index contributed by atoms with van der Waals surface area (Å²) >= 11 is 0.